The van der Waals surface area contributed by atoms with E-state index in [0.29, 0.717) is 0 Å². The molecule has 0 aliphatic heterocycles. The lowest BCUT2D eigenvalue weighted by Gasteiger charge is -2.41. The number of hydrogen-bond acceptors (Lipinski definition) is 5. The zero-order valence-electron chi connectivity index (χ0n) is 17.2. The van der Waals surface area contributed by atoms with E-state index >= 15 is 0 Å². The third kappa shape index (κ3) is 12.1. The SMILES string of the molecule is C[SiH](C)O[Si](C)(C)O[Si](C)(C)O[Si](C)(C)O[Si](C)(C)O[SiH](C)C. The highest BCUT2D eigenvalue weighted by atomic mass is 28.5. The smallest absolute Gasteiger partial charge is 0.314 e. The molecule has 0 aromatic carbocycles. The van der Waals surface area contributed by atoms with Crippen LogP contribution in [0.1, 0.15) is 0 Å². The van der Waals surface area contributed by atoms with Gasteiger partial charge >= 0.3 is 34.2 Å². The molecule has 0 radical (unpaired) electrons. The zero-order valence-corrected chi connectivity index (χ0v) is 23.5. The first kappa shape index (κ1) is 24.1. The van der Waals surface area contributed by atoms with E-state index in [9.17, 15) is 0 Å². The molecule has 0 heterocycles. The molecule has 0 N–H and O–H groups in total. The van der Waals surface area contributed by atoms with Gasteiger partial charge in [-0.05, 0) is 78.6 Å². The summed E-state index contributed by atoms with van der Waals surface area (Å²) in [6, 6.07) is 0. The molecule has 0 atom stereocenters. The molecular weight excluding hydrogens is 393 g/mol. The Morgan fingerprint density at radius 3 is 0.870 bits per heavy atom. The fourth-order valence-corrected chi connectivity index (χ4v) is 28.6. The maximum absolute atomic E-state index is 6.43. The van der Waals surface area contributed by atoms with Crippen LogP contribution >= 0.6 is 0 Å². The van der Waals surface area contributed by atoms with Crippen LogP contribution in [0.2, 0.25) is 78.6 Å². The van der Waals surface area contributed by atoms with E-state index in [1.807, 2.05) is 0 Å². The molecule has 0 saturated carbocycles. The Labute approximate surface area is 151 Å². The molecule has 0 spiro atoms. The van der Waals surface area contributed by atoms with Gasteiger partial charge in [0.15, 0.2) is 18.1 Å². The summed E-state index contributed by atoms with van der Waals surface area (Å²) in [5, 5.41) is 0. The highest BCUT2D eigenvalue weighted by Crippen LogP contribution is 2.25. The van der Waals surface area contributed by atoms with Crippen LogP contribution in [0.15, 0.2) is 0 Å². The second-order valence-corrected chi connectivity index (χ2v) is 28.0. The van der Waals surface area contributed by atoms with E-state index in [-0.39, 0.29) is 0 Å². The first-order valence-corrected chi connectivity index (χ1v) is 25.2. The van der Waals surface area contributed by atoms with Crippen molar-refractivity contribution in [1.29, 1.82) is 0 Å². The minimum atomic E-state index is -2.31. The third-order valence-corrected chi connectivity index (χ3v) is 22.6. The number of rotatable bonds is 10. The fourth-order valence-electron chi connectivity index (χ4n) is 3.00. The summed E-state index contributed by atoms with van der Waals surface area (Å²) in [5.74, 6) is 0. The van der Waals surface area contributed by atoms with Gasteiger partial charge in [-0.3, -0.25) is 0 Å². The first-order chi connectivity index (χ1) is 9.95. The normalized spacial score (nSPS) is 14.9. The molecule has 140 valence electrons. The highest BCUT2D eigenvalue weighted by Gasteiger charge is 2.44. The molecule has 0 saturated heterocycles. The van der Waals surface area contributed by atoms with Crippen LogP contribution in [-0.2, 0) is 20.6 Å². The topological polar surface area (TPSA) is 46.2 Å². The molecule has 0 aromatic rings. The van der Waals surface area contributed by atoms with E-state index in [0.717, 1.165) is 0 Å². The summed E-state index contributed by atoms with van der Waals surface area (Å²) < 4.78 is 31.4. The molecule has 11 heteroatoms. The summed E-state index contributed by atoms with van der Waals surface area (Å²) in [4.78, 5) is 0. The minimum absolute atomic E-state index is 1.11. The van der Waals surface area contributed by atoms with Gasteiger partial charge < -0.3 is 20.6 Å². The van der Waals surface area contributed by atoms with Gasteiger partial charge in [0, 0.05) is 0 Å². The van der Waals surface area contributed by atoms with Crippen molar-refractivity contribution in [3.63, 3.8) is 0 Å². The van der Waals surface area contributed by atoms with E-state index in [2.05, 4.69) is 78.6 Å². The molecule has 0 aliphatic rings. The molecule has 23 heavy (non-hydrogen) atoms. The Morgan fingerprint density at radius 1 is 0.435 bits per heavy atom. The highest BCUT2D eigenvalue weighted by molar-refractivity contribution is 6.89. The quantitative estimate of drug-likeness (QED) is 0.493. The maximum atomic E-state index is 6.43. The Kier molecular flexibility index (Phi) is 9.07. The maximum Gasteiger partial charge on any atom is 0.314 e. The summed E-state index contributed by atoms with van der Waals surface area (Å²) >= 11 is 0. The lowest BCUT2D eigenvalue weighted by atomic mass is 11.9. The van der Waals surface area contributed by atoms with Crippen molar-refractivity contribution in [2.75, 3.05) is 0 Å². The molecule has 0 aliphatic carbocycles. The van der Waals surface area contributed by atoms with Gasteiger partial charge in [0.1, 0.15) is 0 Å². The number of hydrogen-bond donors (Lipinski definition) is 0. The molecule has 5 nitrogen and oxygen atoms in total. The van der Waals surface area contributed by atoms with Crippen LogP contribution in [0.4, 0.5) is 0 Å². The lowest BCUT2D eigenvalue weighted by Crippen LogP contribution is -2.58. The van der Waals surface area contributed by atoms with Gasteiger partial charge in [-0.25, -0.2) is 0 Å². The second kappa shape index (κ2) is 8.66. The molecular formula is C12H38O5Si6. The van der Waals surface area contributed by atoms with Crippen LogP contribution in [0.25, 0.3) is 0 Å². The van der Waals surface area contributed by atoms with Crippen LogP contribution in [0.5, 0.6) is 0 Å². The van der Waals surface area contributed by atoms with Crippen molar-refractivity contribution in [2.45, 2.75) is 78.6 Å². The first-order valence-electron chi connectivity index (χ1n) is 8.41. The van der Waals surface area contributed by atoms with Crippen LogP contribution < -0.4 is 0 Å². The van der Waals surface area contributed by atoms with Gasteiger partial charge in [0.2, 0.25) is 0 Å². The molecule has 0 bridgehead atoms. The Hall–Kier alpha value is 1.10. The Bertz CT molecular complexity index is 339. The van der Waals surface area contributed by atoms with Gasteiger partial charge in [0.25, 0.3) is 0 Å². The largest absolute Gasteiger partial charge is 0.440 e. The van der Waals surface area contributed by atoms with E-state index in [4.69, 9.17) is 20.6 Å². The minimum Gasteiger partial charge on any atom is -0.440 e. The predicted octanol–water partition coefficient (Wildman–Crippen LogP) is 3.84. The van der Waals surface area contributed by atoms with E-state index in [1.54, 1.807) is 0 Å². The van der Waals surface area contributed by atoms with Crippen LogP contribution in [0.3, 0.4) is 0 Å². The summed E-state index contributed by atoms with van der Waals surface area (Å²) in [6.07, 6.45) is 0. The monoisotopic (exact) mass is 430 g/mol. The van der Waals surface area contributed by atoms with Gasteiger partial charge in [0.05, 0.1) is 0 Å². The lowest BCUT2D eigenvalue weighted by molar-refractivity contribution is 0.285. The van der Waals surface area contributed by atoms with Crippen LogP contribution in [0, 0.1) is 0 Å². The molecule has 0 aromatic heterocycles. The van der Waals surface area contributed by atoms with Crippen LogP contribution in [-0.4, -0.2) is 52.3 Å². The van der Waals surface area contributed by atoms with Gasteiger partial charge in [-0.2, -0.15) is 0 Å². The summed E-state index contributed by atoms with van der Waals surface area (Å²) in [6.45, 7) is 25.5. The molecule has 0 fully saturated rings. The summed E-state index contributed by atoms with van der Waals surface area (Å²) in [5.41, 5.74) is 0. The molecule has 0 unspecified atom stereocenters. The average Bonchev–Trinajstić information content (AvgIpc) is 2.02. The van der Waals surface area contributed by atoms with Crippen molar-refractivity contribution >= 4 is 52.3 Å². The van der Waals surface area contributed by atoms with Crippen molar-refractivity contribution < 1.29 is 20.6 Å². The van der Waals surface area contributed by atoms with Crippen molar-refractivity contribution in [3.8, 4) is 0 Å². The Morgan fingerprint density at radius 2 is 0.652 bits per heavy atom. The second-order valence-electron chi connectivity index (χ2n) is 8.24. The van der Waals surface area contributed by atoms with E-state index < -0.39 is 52.3 Å². The third-order valence-electron chi connectivity index (χ3n) is 2.51. The molecule has 0 rings (SSSR count). The van der Waals surface area contributed by atoms with E-state index in [1.165, 1.54) is 0 Å². The van der Waals surface area contributed by atoms with Crippen molar-refractivity contribution in [1.82, 2.24) is 0 Å². The summed E-state index contributed by atoms with van der Waals surface area (Å²) in [7, 11) is -11.1. The zero-order chi connectivity index (χ0) is 18.7. The predicted molar refractivity (Wildman–Crippen MR) is 113 cm³/mol. The van der Waals surface area contributed by atoms with Crippen molar-refractivity contribution in [2.24, 2.45) is 0 Å². The van der Waals surface area contributed by atoms with Gasteiger partial charge in [-0.1, -0.05) is 0 Å². The average molecular weight is 431 g/mol. The fraction of sp³-hybridized carbons (Fsp3) is 1.00. The molecule has 0 amide bonds. The standard InChI is InChI=1S/C12H38O5Si6/c1-18(2)13-20(5,6)15-22(9,10)17-23(11,12)16-21(7,8)14-19(3)4/h18-19H,1-12H3. The van der Waals surface area contributed by atoms with Crippen molar-refractivity contribution in [3.05, 3.63) is 0 Å². The Balaban J connectivity index is 4.85. The van der Waals surface area contributed by atoms with Gasteiger partial charge in [-0.15, -0.1) is 0 Å².